The zero-order valence-electron chi connectivity index (χ0n) is 13.4. The van der Waals surface area contributed by atoms with Crippen LogP contribution in [0.3, 0.4) is 0 Å². The average molecular weight is 332 g/mol. The molecule has 111 valence electrons. The molecule has 3 heteroatoms. The molecule has 2 aromatic carbocycles. The van der Waals surface area contributed by atoms with E-state index < -0.39 is 16.2 Å². The maximum absolute atomic E-state index is 6.93. The zero-order chi connectivity index (χ0) is 15.5. The first-order valence-corrected chi connectivity index (χ1v) is 13.5. The molecule has 2 aromatic rings. The highest BCUT2D eigenvalue weighted by molar-refractivity contribution is 7.27. The van der Waals surface area contributed by atoms with Gasteiger partial charge in [0.05, 0.1) is 8.80 Å². The first kappa shape index (κ1) is 16.5. The second-order valence-electron chi connectivity index (χ2n) is 6.21. The third kappa shape index (κ3) is 4.57. The molecular formula is C18H24ClSi2. The molecule has 0 aliphatic carbocycles. The minimum absolute atomic E-state index is 0.481. The zero-order valence-corrected chi connectivity index (χ0v) is 16.2. The van der Waals surface area contributed by atoms with Gasteiger partial charge in [0.1, 0.15) is 0 Å². The number of aryl methyl sites for hydroxylation is 2. The van der Waals surface area contributed by atoms with Gasteiger partial charge in [0, 0.05) is 0 Å². The van der Waals surface area contributed by atoms with Crippen molar-refractivity contribution >= 4 is 37.6 Å². The van der Waals surface area contributed by atoms with Gasteiger partial charge in [0.2, 0.25) is 0 Å². The van der Waals surface area contributed by atoms with E-state index in [0.717, 1.165) is 6.04 Å². The smallest absolute Gasteiger partial charge is 0.161 e. The Labute approximate surface area is 136 Å². The Morgan fingerprint density at radius 3 is 1.90 bits per heavy atom. The van der Waals surface area contributed by atoms with Crippen LogP contribution in [-0.4, -0.2) is 16.2 Å². The molecule has 1 unspecified atom stereocenters. The SMILES string of the molecule is Cc1ccc([Si](C)CC[Si](C)(Cl)c2ccc(C)cc2)cc1. The van der Waals surface area contributed by atoms with Gasteiger partial charge in [0.25, 0.3) is 0 Å². The predicted octanol–water partition coefficient (Wildman–Crippen LogP) is 4.36. The number of hydrogen-bond donors (Lipinski definition) is 0. The van der Waals surface area contributed by atoms with E-state index in [9.17, 15) is 0 Å². The second-order valence-corrected chi connectivity index (χ2v) is 14.8. The van der Waals surface area contributed by atoms with Gasteiger partial charge in [-0.3, -0.25) is 0 Å². The summed E-state index contributed by atoms with van der Waals surface area (Å²) in [7, 11) is -2.29. The van der Waals surface area contributed by atoms with Crippen molar-refractivity contribution in [3.05, 3.63) is 59.7 Å². The Morgan fingerprint density at radius 2 is 1.38 bits per heavy atom. The minimum atomic E-state index is -1.81. The Bertz CT molecular complexity index is 573. The fourth-order valence-electron chi connectivity index (χ4n) is 2.45. The molecule has 0 heterocycles. The monoisotopic (exact) mass is 331 g/mol. The Morgan fingerprint density at radius 1 is 0.905 bits per heavy atom. The van der Waals surface area contributed by atoms with Crippen LogP contribution in [0.1, 0.15) is 11.1 Å². The number of halogens is 1. The van der Waals surface area contributed by atoms with Gasteiger partial charge in [-0.05, 0) is 25.1 Å². The summed E-state index contributed by atoms with van der Waals surface area (Å²) in [6.45, 7) is 8.96. The summed E-state index contributed by atoms with van der Waals surface area (Å²) in [5, 5.41) is 2.89. The lowest BCUT2D eigenvalue weighted by Crippen LogP contribution is -2.40. The molecule has 21 heavy (non-hydrogen) atoms. The van der Waals surface area contributed by atoms with Crippen LogP contribution in [0.2, 0.25) is 25.2 Å². The van der Waals surface area contributed by atoms with E-state index in [1.807, 2.05) is 0 Å². The second kappa shape index (κ2) is 6.95. The van der Waals surface area contributed by atoms with E-state index in [1.54, 1.807) is 0 Å². The summed E-state index contributed by atoms with van der Waals surface area (Å²) in [5.74, 6) is 0. The van der Waals surface area contributed by atoms with Crippen LogP contribution in [-0.2, 0) is 0 Å². The van der Waals surface area contributed by atoms with Crippen molar-refractivity contribution in [3.8, 4) is 0 Å². The Hall–Kier alpha value is -0.836. The summed E-state index contributed by atoms with van der Waals surface area (Å²) in [5.41, 5.74) is 2.64. The number of benzene rings is 2. The van der Waals surface area contributed by atoms with Crippen LogP contribution in [0.15, 0.2) is 48.5 Å². The van der Waals surface area contributed by atoms with Crippen molar-refractivity contribution < 1.29 is 0 Å². The molecule has 0 amide bonds. The summed E-state index contributed by atoms with van der Waals surface area (Å²) in [6, 6.07) is 20.3. The first-order chi connectivity index (χ1) is 9.88. The molecule has 1 radical (unpaired) electrons. The lowest BCUT2D eigenvalue weighted by atomic mass is 10.2. The van der Waals surface area contributed by atoms with E-state index in [4.69, 9.17) is 11.1 Å². The van der Waals surface area contributed by atoms with E-state index in [2.05, 4.69) is 75.5 Å². The highest BCUT2D eigenvalue weighted by Gasteiger charge is 2.27. The average Bonchev–Trinajstić information content (AvgIpc) is 2.46. The van der Waals surface area contributed by atoms with Gasteiger partial charge in [-0.2, -0.15) is 11.1 Å². The third-order valence-corrected chi connectivity index (χ3v) is 10.9. The molecule has 1 atom stereocenters. The van der Waals surface area contributed by atoms with Crippen LogP contribution >= 0.6 is 11.1 Å². The highest BCUT2D eigenvalue weighted by Crippen LogP contribution is 2.19. The third-order valence-electron chi connectivity index (χ3n) is 4.17. The van der Waals surface area contributed by atoms with E-state index in [1.165, 1.54) is 27.5 Å². The maximum Gasteiger partial charge on any atom is 0.183 e. The molecule has 0 N–H and O–H groups in total. The fourth-order valence-corrected chi connectivity index (χ4v) is 9.23. The van der Waals surface area contributed by atoms with Gasteiger partial charge in [0.15, 0.2) is 7.38 Å². The summed E-state index contributed by atoms with van der Waals surface area (Å²) in [4.78, 5) is 0. The molecule has 0 bridgehead atoms. The standard InChI is InChI=1S/C18H24ClSi2/c1-15-5-9-17(10-6-15)20(3)13-14-21(4,19)18-11-7-16(2)8-12-18/h5-12H,13-14H2,1-4H3. The summed E-state index contributed by atoms with van der Waals surface area (Å²) >= 11 is 6.93. The molecule has 0 saturated carbocycles. The first-order valence-electron chi connectivity index (χ1n) is 7.54. The van der Waals surface area contributed by atoms with Crippen LogP contribution in [0, 0.1) is 13.8 Å². The molecule has 0 nitrogen and oxygen atoms in total. The van der Waals surface area contributed by atoms with Crippen LogP contribution in [0.5, 0.6) is 0 Å². The van der Waals surface area contributed by atoms with E-state index in [0.29, 0.717) is 0 Å². The van der Waals surface area contributed by atoms with Crippen LogP contribution in [0.25, 0.3) is 0 Å². The fraction of sp³-hybridized carbons (Fsp3) is 0.333. The quantitative estimate of drug-likeness (QED) is 0.564. The van der Waals surface area contributed by atoms with Crippen molar-refractivity contribution in [2.45, 2.75) is 39.0 Å². The molecule has 0 spiro atoms. The summed E-state index contributed by atoms with van der Waals surface area (Å²) in [6.07, 6.45) is 0. The van der Waals surface area contributed by atoms with Gasteiger partial charge in [-0.1, -0.05) is 84.0 Å². The van der Waals surface area contributed by atoms with Gasteiger partial charge >= 0.3 is 0 Å². The van der Waals surface area contributed by atoms with Gasteiger partial charge < -0.3 is 0 Å². The van der Waals surface area contributed by atoms with Crippen LogP contribution in [0.4, 0.5) is 0 Å². The topological polar surface area (TPSA) is 0 Å². The minimum Gasteiger partial charge on any atom is -0.161 e. The summed E-state index contributed by atoms with van der Waals surface area (Å²) < 4.78 is 0. The van der Waals surface area contributed by atoms with Crippen molar-refractivity contribution in [1.29, 1.82) is 0 Å². The lowest BCUT2D eigenvalue weighted by Gasteiger charge is -2.22. The maximum atomic E-state index is 6.93. The molecule has 0 fully saturated rings. The van der Waals surface area contributed by atoms with Crippen molar-refractivity contribution in [2.24, 2.45) is 0 Å². The van der Waals surface area contributed by atoms with Crippen molar-refractivity contribution in [2.75, 3.05) is 0 Å². The number of hydrogen-bond acceptors (Lipinski definition) is 0. The predicted molar refractivity (Wildman–Crippen MR) is 100 cm³/mol. The van der Waals surface area contributed by atoms with E-state index >= 15 is 0 Å². The van der Waals surface area contributed by atoms with Crippen molar-refractivity contribution in [1.82, 2.24) is 0 Å². The Kier molecular flexibility index (Phi) is 5.47. The molecule has 0 saturated heterocycles. The van der Waals surface area contributed by atoms with Crippen LogP contribution < -0.4 is 10.4 Å². The van der Waals surface area contributed by atoms with Gasteiger partial charge in [-0.25, -0.2) is 0 Å². The number of rotatable bonds is 5. The van der Waals surface area contributed by atoms with Gasteiger partial charge in [-0.15, -0.1) is 0 Å². The lowest BCUT2D eigenvalue weighted by molar-refractivity contribution is 1.35. The van der Waals surface area contributed by atoms with E-state index in [-0.39, 0.29) is 0 Å². The normalized spacial score (nSPS) is 14.2. The molecule has 0 aromatic heterocycles. The largest absolute Gasteiger partial charge is 0.183 e. The Balaban J connectivity index is 2.00. The molecular weight excluding hydrogens is 308 g/mol. The molecule has 2 rings (SSSR count). The molecule has 0 aliphatic rings. The highest BCUT2D eigenvalue weighted by atomic mass is 35.6. The molecule has 0 aliphatic heterocycles. The van der Waals surface area contributed by atoms with Crippen molar-refractivity contribution in [3.63, 3.8) is 0 Å².